The highest BCUT2D eigenvalue weighted by Gasteiger charge is 2.18. The smallest absolute Gasteiger partial charge is 0.251 e. The Hall–Kier alpha value is -2.17. The summed E-state index contributed by atoms with van der Waals surface area (Å²) in [4.78, 5) is 15.0. The van der Waals surface area contributed by atoms with Crippen LogP contribution in [0.15, 0.2) is 48.5 Å². The van der Waals surface area contributed by atoms with Crippen LogP contribution in [0.25, 0.3) is 0 Å². The molecule has 4 nitrogen and oxygen atoms in total. The summed E-state index contributed by atoms with van der Waals surface area (Å²) in [5.41, 5.74) is 4.95. The van der Waals surface area contributed by atoms with Crippen LogP contribution in [0.1, 0.15) is 52.2 Å². The second-order valence-electron chi connectivity index (χ2n) is 7.76. The number of hydrogen-bond donors (Lipinski definition) is 2. The Kier molecular flexibility index (Phi) is 5.85. The molecule has 0 spiro atoms. The fraction of sp³-hybridized carbons (Fsp3) is 0.435. The summed E-state index contributed by atoms with van der Waals surface area (Å²) in [5.74, 6) is 0.577. The van der Waals surface area contributed by atoms with E-state index in [9.17, 15) is 4.79 Å². The van der Waals surface area contributed by atoms with Gasteiger partial charge in [0.15, 0.2) is 0 Å². The molecule has 0 radical (unpaired) electrons. The molecule has 2 aliphatic rings. The van der Waals surface area contributed by atoms with E-state index in [2.05, 4.69) is 51.9 Å². The van der Waals surface area contributed by atoms with Gasteiger partial charge in [-0.15, -0.1) is 0 Å². The van der Waals surface area contributed by atoms with Gasteiger partial charge < -0.3 is 10.6 Å². The highest BCUT2D eigenvalue weighted by molar-refractivity contribution is 5.94. The minimum atomic E-state index is 0.0466. The third kappa shape index (κ3) is 4.57. The molecule has 2 heterocycles. The summed E-state index contributed by atoms with van der Waals surface area (Å²) < 4.78 is 0. The zero-order valence-electron chi connectivity index (χ0n) is 15.9. The summed E-state index contributed by atoms with van der Waals surface area (Å²) in [6.45, 7) is 5.93. The molecule has 2 N–H and O–H groups in total. The zero-order valence-corrected chi connectivity index (χ0v) is 15.9. The first-order valence-electron chi connectivity index (χ1n) is 10.2. The molecular weight excluding hydrogens is 334 g/mol. The van der Waals surface area contributed by atoms with Crippen LogP contribution in [-0.4, -0.2) is 37.0 Å². The van der Waals surface area contributed by atoms with Crippen molar-refractivity contribution in [1.82, 2.24) is 15.5 Å². The number of nitrogens with zero attached hydrogens (tertiary/aromatic N) is 1. The number of nitrogens with one attached hydrogen (secondary N) is 2. The van der Waals surface area contributed by atoms with E-state index in [-0.39, 0.29) is 5.91 Å². The number of amides is 1. The van der Waals surface area contributed by atoms with Crippen molar-refractivity contribution in [2.45, 2.75) is 38.3 Å². The molecule has 0 aromatic heterocycles. The lowest BCUT2D eigenvalue weighted by Gasteiger charge is -2.23. The lowest BCUT2D eigenvalue weighted by atomic mass is 9.90. The van der Waals surface area contributed by atoms with E-state index in [1.54, 1.807) is 0 Å². The molecule has 4 heteroatoms. The molecule has 2 aromatic rings. The number of carbonyl (C=O) groups excluding carboxylic acids is 1. The van der Waals surface area contributed by atoms with Crippen molar-refractivity contribution in [1.29, 1.82) is 0 Å². The van der Waals surface area contributed by atoms with Gasteiger partial charge in [-0.3, -0.25) is 9.69 Å². The molecule has 142 valence electrons. The van der Waals surface area contributed by atoms with Crippen LogP contribution in [0.2, 0.25) is 0 Å². The first kappa shape index (κ1) is 18.2. The molecule has 0 aliphatic carbocycles. The van der Waals surface area contributed by atoms with Crippen molar-refractivity contribution >= 4 is 5.91 Å². The van der Waals surface area contributed by atoms with E-state index >= 15 is 0 Å². The molecule has 2 aromatic carbocycles. The van der Waals surface area contributed by atoms with Crippen LogP contribution in [-0.2, 0) is 13.1 Å². The second-order valence-corrected chi connectivity index (χ2v) is 7.76. The predicted octanol–water partition coefficient (Wildman–Crippen LogP) is 3.29. The lowest BCUT2D eigenvalue weighted by Crippen LogP contribution is -2.29. The Labute approximate surface area is 162 Å². The summed E-state index contributed by atoms with van der Waals surface area (Å²) in [7, 11) is 0. The Morgan fingerprint density at radius 2 is 1.93 bits per heavy atom. The number of piperidine rings is 1. The van der Waals surface area contributed by atoms with Crippen LogP contribution in [0, 0.1) is 0 Å². The maximum absolute atomic E-state index is 12.5. The van der Waals surface area contributed by atoms with Crippen LogP contribution < -0.4 is 10.6 Å². The van der Waals surface area contributed by atoms with Crippen LogP contribution in [0.4, 0.5) is 0 Å². The van der Waals surface area contributed by atoms with E-state index in [1.807, 2.05) is 12.1 Å². The second kappa shape index (κ2) is 8.68. The maximum atomic E-state index is 12.5. The van der Waals surface area contributed by atoms with Crippen LogP contribution >= 0.6 is 0 Å². The minimum absolute atomic E-state index is 0.0466. The highest BCUT2D eigenvalue weighted by Crippen LogP contribution is 2.24. The normalized spacial score (nSPS) is 19.6. The van der Waals surface area contributed by atoms with Crippen LogP contribution in [0.3, 0.4) is 0 Å². The van der Waals surface area contributed by atoms with Gasteiger partial charge in [-0.2, -0.15) is 0 Å². The number of carbonyl (C=O) groups is 1. The van der Waals surface area contributed by atoms with Crippen molar-refractivity contribution < 1.29 is 4.79 Å². The van der Waals surface area contributed by atoms with Gasteiger partial charge in [-0.1, -0.05) is 36.4 Å². The van der Waals surface area contributed by atoms with E-state index in [0.717, 1.165) is 51.3 Å². The molecule has 1 saturated heterocycles. The molecule has 0 bridgehead atoms. The van der Waals surface area contributed by atoms with Crippen LogP contribution in [0.5, 0.6) is 0 Å². The van der Waals surface area contributed by atoms with Crippen molar-refractivity contribution in [2.75, 3.05) is 26.2 Å². The summed E-state index contributed by atoms with van der Waals surface area (Å²) >= 11 is 0. The van der Waals surface area contributed by atoms with Crippen molar-refractivity contribution in [2.24, 2.45) is 0 Å². The largest absolute Gasteiger partial charge is 0.352 e. The molecule has 1 fully saturated rings. The van der Waals surface area contributed by atoms with Gasteiger partial charge in [-0.05, 0) is 60.5 Å². The van der Waals surface area contributed by atoms with E-state index in [4.69, 9.17) is 0 Å². The Morgan fingerprint density at radius 1 is 1.11 bits per heavy atom. The van der Waals surface area contributed by atoms with Crippen molar-refractivity contribution in [3.63, 3.8) is 0 Å². The van der Waals surface area contributed by atoms with E-state index in [0.29, 0.717) is 5.92 Å². The third-order valence-electron chi connectivity index (χ3n) is 5.76. The monoisotopic (exact) mass is 363 g/mol. The first-order chi connectivity index (χ1) is 13.3. The fourth-order valence-corrected chi connectivity index (χ4v) is 4.24. The van der Waals surface area contributed by atoms with Crippen molar-refractivity contribution in [3.8, 4) is 0 Å². The SMILES string of the molecule is O=C(NCCCN1Cc2ccccc2C1)c1cccc([C@H]2CCCNC2)c1. The average molecular weight is 364 g/mol. The minimum Gasteiger partial charge on any atom is -0.352 e. The number of fused-ring (bicyclic) bond motifs is 1. The molecular formula is C23H29N3O. The molecule has 2 aliphatic heterocycles. The van der Waals surface area contributed by atoms with Gasteiger partial charge >= 0.3 is 0 Å². The van der Waals surface area contributed by atoms with Crippen molar-refractivity contribution in [3.05, 3.63) is 70.8 Å². The first-order valence-corrected chi connectivity index (χ1v) is 10.2. The fourth-order valence-electron chi connectivity index (χ4n) is 4.24. The van der Waals surface area contributed by atoms with Gasteiger partial charge in [0.25, 0.3) is 5.91 Å². The Bertz CT molecular complexity index is 758. The van der Waals surface area contributed by atoms with Gasteiger partial charge in [-0.25, -0.2) is 0 Å². The molecule has 1 amide bonds. The number of benzene rings is 2. The predicted molar refractivity (Wildman–Crippen MR) is 109 cm³/mol. The standard InChI is InChI=1S/C23H29N3O/c27-23(19-9-3-8-18(14-19)20-10-4-11-24-15-20)25-12-5-13-26-16-21-6-1-2-7-22(21)17-26/h1-3,6-9,14,20,24H,4-5,10-13,15-17H2,(H,25,27)/t20-/m0/s1. The lowest BCUT2D eigenvalue weighted by molar-refractivity contribution is 0.0951. The van der Waals surface area contributed by atoms with Gasteiger partial charge in [0.05, 0.1) is 0 Å². The number of rotatable bonds is 6. The summed E-state index contributed by atoms with van der Waals surface area (Å²) in [6.07, 6.45) is 3.39. The maximum Gasteiger partial charge on any atom is 0.251 e. The third-order valence-corrected chi connectivity index (χ3v) is 5.76. The molecule has 4 rings (SSSR count). The van der Waals surface area contributed by atoms with E-state index < -0.39 is 0 Å². The zero-order chi connectivity index (χ0) is 18.5. The van der Waals surface area contributed by atoms with Gasteiger partial charge in [0, 0.05) is 38.3 Å². The quantitative estimate of drug-likeness (QED) is 0.774. The molecule has 0 unspecified atom stereocenters. The Morgan fingerprint density at radius 3 is 2.67 bits per heavy atom. The van der Waals surface area contributed by atoms with Gasteiger partial charge in [0.1, 0.15) is 0 Å². The molecule has 1 atom stereocenters. The summed E-state index contributed by atoms with van der Waals surface area (Å²) in [6, 6.07) is 16.8. The van der Waals surface area contributed by atoms with E-state index in [1.165, 1.54) is 29.5 Å². The molecule has 0 saturated carbocycles. The highest BCUT2D eigenvalue weighted by atomic mass is 16.1. The number of hydrogen-bond acceptors (Lipinski definition) is 3. The average Bonchev–Trinajstić information content (AvgIpc) is 3.15. The topological polar surface area (TPSA) is 44.4 Å². The summed E-state index contributed by atoms with van der Waals surface area (Å²) in [5, 5.41) is 6.55. The Balaban J connectivity index is 1.23. The molecule has 27 heavy (non-hydrogen) atoms. The van der Waals surface area contributed by atoms with Gasteiger partial charge in [0.2, 0.25) is 0 Å².